The number of rotatable bonds is 1. The predicted molar refractivity (Wildman–Crippen MR) is 94.6 cm³/mol. The lowest BCUT2D eigenvalue weighted by atomic mass is 9.81. The van der Waals surface area contributed by atoms with Crippen molar-refractivity contribution in [2.75, 3.05) is 6.79 Å². The molecule has 0 amide bonds. The SMILES string of the molecule is O=C1c2ccccc2C(=O)c2c1cc(O)c(-c1ccc3c(c1)OCO3)c2O. The van der Waals surface area contributed by atoms with E-state index < -0.39 is 17.3 Å². The van der Waals surface area contributed by atoms with Crippen LogP contribution in [0.25, 0.3) is 11.1 Å². The maximum atomic E-state index is 12.9. The third kappa shape index (κ3) is 2.07. The summed E-state index contributed by atoms with van der Waals surface area (Å²) >= 11 is 0. The standard InChI is InChI=1S/C21H12O6/c22-14-8-13-18(20(24)12-4-2-1-3-11(12)19(13)23)21(25)17(14)10-5-6-15-16(7-10)27-9-26-15/h1-8,22,25H,9H2. The van der Waals surface area contributed by atoms with Crippen molar-refractivity contribution in [3.05, 3.63) is 70.8 Å². The van der Waals surface area contributed by atoms with Gasteiger partial charge in [-0.3, -0.25) is 9.59 Å². The number of hydrogen-bond donors (Lipinski definition) is 2. The second-order valence-electron chi connectivity index (χ2n) is 6.31. The normalized spacial score (nSPS) is 14.1. The topological polar surface area (TPSA) is 93.1 Å². The summed E-state index contributed by atoms with van der Waals surface area (Å²) in [6.07, 6.45) is 0. The molecule has 3 aromatic carbocycles. The van der Waals surface area contributed by atoms with Crippen LogP contribution in [0, 0.1) is 0 Å². The van der Waals surface area contributed by atoms with Crippen LogP contribution in [-0.4, -0.2) is 28.6 Å². The summed E-state index contributed by atoms with van der Waals surface area (Å²) in [4.78, 5) is 25.7. The van der Waals surface area contributed by atoms with Crippen LogP contribution < -0.4 is 9.47 Å². The summed E-state index contributed by atoms with van der Waals surface area (Å²) in [6, 6.07) is 12.5. The smallest absolute Gasteiger partial charge is 0.231 e. The van der Waals surface area contributed by atoms with E-state index in [0.717, 1.165) is 0 Å². The van der Waals surface area contributed by atoms with Crippen LogP contribution in [0.3, 0.4) is 0 Å². The number of aromatic hydroxyl groups is 2. The second kappa shape index (κ2) is 5.35. The van der Waals surface area contributed by atoms with E-state index in [9.17, 15) is 19.8 Å². The van der Waals surface area contributed by atoms with Crippen molar-refractivity contribution in [3.63, 3.8) is 0 Å². The minimum Gasteiger partial charge on any atom is -0.507 e. The molecule has 1 aliphatic heterocycles. The fourth-order valence-corrected chi connectivity index (χ4v) is 3.56. The van der Waals surface area contributed by atoms with Crippen molar-refractivity contribution in [3.8, 4) is 34.1 Å². The third-order valence-electron chi connectivity index (χ3n) is 4.83. The summed E-state index contributed by atoms with van der Waals surface area (Å²) in [5, 5.41) is 21.3. The fraction of sp³-hybridized carbons (Fsp3) is 0.0476. The van der Waals surface area contributed by atoms with Crippen molar-refractivity contribution in [2.24, 2.45) is 0 Å². The first-order chi connectivity index (χ1) is 13.1. The highest BCUT2D eigenvalue weighted by molar-refractivity contribution is 6.30. The van der Waals surface area contributed by atoms with Gasteiger partial charge in [0, 0.05) is 16.7 Å². The highest BCUT2D eigenvalue weighted by Gasteiger charge is 2.34. The van der Waals surface area contributed by atoms with Gasteiger partial charge in [0.25, 0.3) is 0 Å². The number of benzene rings is 3. The van der Waals surface area contributed by atoms with Gasteiger partial charge >= 0.3 is 0 Å². The zero-order chi connectivity index (χ0) is 18.7. The second-order valence-corrected chi connectivity index (χ2v) is 6.31. The summed E-state index contributed by atoms with van der Waals surface area (Å²) in [5.41, 5.74) is 0.864. The molecule has 0 saturated carbocycles. The Kier molecular flexibility index (Phi) is 3.06. The zero-order valence-electron chi connectivity index (χ0n) is 13.9. The maximum Gasteiger partial charge on any atom is 0.231 e. The van der Waals surface area contributed by atoms with E-state index in [1.807, 2.05) is 0 Å². The molecule has 6 nitrogen and oxygen atoms in total. The Hall–Kier alpha value is -3.80. The van der Waals surface area contributed by atoms with Crippen molar-refractivity contribution < 1.29 is 29.3 Å². The predicted octanol–water partition coefficient (Wildman–Crippen LogP) is 3.27. The Morgan fingerprint density at radius 1 is 0.741 bits per heavy atom. The van der Waals surface area contributed by atoms with Crippen LogP contribution in [0.5, 0.6) is 23.0 Å². The molecule has 0 aromatic heterocycles. The van der Waals surface area contributed by atoms with Gasteiger partial charge in [-0.05, 0) is 23.8 Å². The van der Waals surface area contributed by atoms with Gasteiger partial charge in [0.15, 0.2) is 23.1 Å². The van der Waals surface area contributed by atoms with Gasteiger partial charge in [0.1, 0.15) is 11.5 Å². The molecule has 1 heterocycles. The minimum atomic E-state index is -0.459. The Labute approximate surface area is 153 Å². The van der Waals surface area contributed by atoms with Gasteiger partial charge in [0.2, 0.25) is 6.79 Å². The van der Waals surface area contributed by atoms with Gasteiger partial charge in [-0.1, -0.05) is 30.3 Å². The number of phenols is 2. The average Bonchev–Trinajstić information content (AvgIpc) is 3.13. The summed E-state index contributed by atoms with van der Waals surface area (Å²) in [7, 11) is 0. The van der Waals surface area contributed by atoms with Crippen molar-refractivity contribution >= 4 is 11.6 Å². The third-order valence-corrected chi connectivity index (χ3v) is 4.83. The van der Waals surface area contributed by atoms with Crippen molar-refractivity contribution in [1.82, 2.24) is 0 Å². The molecule has 0 spiro atoms. The molecular weight excluding hydrogens is 348 g/mol. The first-order valence-electron chi connectivity index (χ1n) is 8.23. The van der Waals surface area contributed by atoms with Crippen LogP contribution in [0.2, 0.25) is 0 Å². The van der Waals surface area contributed by atoms with E-state index in [4.69, 9.17) is 9.47 Å². The first-order valence-corrected chi connectivity index (χ1v) is 8.23. The highest BCUT2D eigenvalue weighted by Crippen LogP contribution is 2.46. The molecule has 1 aliphatic carbocycles. The molecule has 0 unspecified atom stereocenters. The molecule has 2 N–H and O–H groups in total. The average molecular weight is 360 g/mol. The number of carbonyl (C=O) groups is 2. The number of hydrogen-bond acceptors (Lipinski definition) is 6. The van der Waals surface area contributed by atoms with Crippen LogP contribution in [-0.2, 0) is 0 Å². The van der Waals surface area contributed by atoms with E-state index in [1.54, 1.807) is 42.5 Å². The van der Waals surface area contributed by atoms with Crippen molar-refractivity contribution in [1.29, 1.82) is 0 Å². The molecule has 27 heavy (non-hydrogen) atoms. The lowest BCUT2D eigenvalue weighted by Crippen LogP contribution is -2.21. The molecule has 0 bridgehead atoms. The number of ether oxygens (including phenoxy) is 2. The van der Waals surface area contributed by atoms with E-state index in [-0.39, 0.29) is 40.4 Å². The van der Waals surface area contributed by atoms with E-state index in [2.05, 4.69) is 0 Å². The van der Waals surface area contributed by atoms with Crippen molar-refractivity contribution in [2.45, 2.75) is 0 Å². The molecule has 6 heteroatoms. The Morgan fingerprint density at radius 3 is 2.22 bits per heavy atom. The van der Waals surface area contributed by atoms with Crippen LogP contribution in [0.4, 0.5) is 0 Å². The van der Waals surface area contributed by atoms with Crippen LogP contribution in [0.15, 0.2) is 48.5 Å². The largest absolute Gasteiger partial charge is 0.507 e. The van der Waals surface area contributed by atoms with Gasteiger partial charge < -0.3 is 19.7 Å². The summed E-state index contributed by atoms with van der Waals surface area (Å²) in [5.74, 6) is -0.585. The number of phenolic OH excluding ortho intramolecular Hbond substituents is 2. The highest BCUT2D eigenvalue weighted by atomic mass is 16.7. The Balaban J connectivity index is 1.75. The van der Waals surface area contributed by atoms with Crippen LogP contribution >= 0.6 is 0 Å². The van der Waals surface area contributed by atoms with Gasteiger partial charge in [-0.15, -0.1) is 0 Å². The maximum absolute atomic E-state index is 12.9. The molecule has 5 rings (SSSR count). The first kappa shape index (κ1) is 15.5. The van der Waals surface area contributed by atoms with Gasteiger partial charge in [-0.25, -0.2) is 0 Å². The lowest BCUT2D eigenvalue weighted by molar-refractivity contribution is 0.0976. The minimum absolute atomic E-state index is 0.0156. The van der Waals surface area contributed by atoms with Crippen LogP contribution in [0.1, 0.15) is 31.8 Å². The summed E-state index contributed by atoms with van der Waals surface area (Å²) < 4.78 is 10.6. The van der Waals surface area contributed by atoms with E-state index in [0.29, 0.717) is 17.1 Å². The Bertz CT molecular complexity index is 1160. The molecule has 0 fully saturated rings. The molecule has 3 aromatic rings. The molecule has 0 saturated heterocycles. The fourth-order valence-electron chi connectivity index (χ4n) is 3.56. The van der Waals surface area contributed by atoms with Gasteiger partial charge in [0.05, 0.1) is 11.1 Å². The molecular formula is C21H12O6. The lowest BCUT2D eigenvalue weighted by Gasteiger charge is -2.21. The number of carbonyl (C=O) groups excluding carboxylic acids is 2. The zero-order valence-corrected chi connectivity index (χ0v) is 13.9. The molecule has 2 aliphatic rings. The molecule has 0 atom stereocenters. The quantitative estimate of drug-likeness (QED) is 0.541. The summed E-state index contributed by atoms with van der Waals surface area (Å²) in [6.45, 7) is 0.0880. The molecule has 132 valence electrons. The van der Waals surface area contributed by atoms with Gasteiger partial charge in [-0.2, -0.15) is 0 Å². The monoisotopic (exact) mass is 360 g/mol. The number of ketones is 2. The van der Waals surface area contributed by atoms with E-state index in [1.165, 1.54) is 6.07 Å². The molecule has 0 radical (unpaired) electrons. The Morgan fingerprint density at radius 2 is 1.44 bits per heavy atom. The van der Waals surface area contributed by atoms with E-state index >= 15 is 0 Å². The number of fused-ring (bicyclic) bond motifs is 3.